The maximum atomic E-state index is 11.6. The molecule has 2 N–H and O–H groups in total. The summed E-state index contributed by atoms with van der Waals surface area (Å²) < 4.78 is 31.1. The first-order valence-electron chi connectivity index (χ1n) is 6.09. The number of carbonyl (C=O) groups excluding carboxylic acids is 1. The molecule has 0 spiro atoms. The van der Waals surface area contributed by atoms with Gasteiger partial charge in [-0.2, -0.15) is 8.42 Å². The fourth-order valence-corrected chi connectivity index (χ4v) is 2.26. The normalized spacial score (nSPS) is 11.8. The molecule has 0 aliphatic carbocycles. The largest absolute Gasteiger partial charge is 0.326 e. The van der Waals surface area contributed by atoms with Gasteiger partial charge < -0.3 is 5.32 Å². The van der Waals surface area contributed by atoms with E-state index in [4.69, 9.17) is 4.55 Å². The van der Waals surface area contributed by atoms with Gasteiger partial charge in [0.1, 0.15) is 0 Å². The number of carbonyl (C=O) groups is 1. The summed E-state index contributed by atoms with van der Waals surface area (Å²) in [4.78, 5) is 11.5. The molecule has 0 aromatic heterocycles. The van der Waals surface area contributed by atoms with Crippen molar-refractivity contribution in [3.05, 3.63) is 36.4 Å². The summed E-state index contributed by atoms with van der Waals surface area (Å²) in [5.74, 6) is -0.202. The van der Waals surface area contributed by atoms with E-state index in [1.807, 2.05) is 0 Å². The van der Waals surface area contributed by atoms with Crippen LogP contribution in [0.15, 0.2) is 41.3 Å². The lowest BCUT2D eigenvalue weighted by molar-refractivity contribution is -0.118. The van der Waals surface area contributed by atoms with Gasteiger partial charge in [0.15, 0.2) is 0 Å². The SMILES string of the molecule is CC(C)C(=O)Nc1ccc2cc(S(=O)(=O)O)ccc2c1. The van der Waals surface area contributed by atoms with Gasteiger partial charge in [-0.1, -0.05) is 26.0 Å². The van der Waals surface area contributed by atoms with E-state index in [2.05, 4.69) is 5.32 Å². The molecule has 20 heavy (non-hydrogen) atoms. The Labute approximate surface area is 117 Å². The van der Waals surface area contributed by atoms with Gasteiger partial charge in [-0.25, -0.2) is 0 Å². The third-order valence-corrected chi connectivity index (χ3v) is 3.75. The molecule has 6 heteroatoms. The molecule has 0 fully saturated rings. The first-order chi connectivity index (χ1) is 9.27. The Bertz CT molecular complexity index is 766. The highest BCUT2D eigenvalue weighted by Gasteiger charge is 2.11. The van der Waals surface area contributed by atoms with E-state index < -0.39 is 10.1 Å². The molecule has 2 rings (SSSR count). The molecule has 2 aromatic rings. The minimum absolute atomic E-state index is 0.0843. The predicted molar refractivity (Wildman–Crippen MR) is 77.2 cm³/mol. The maximum Gasteiger partial charge on any atom is 0.294 e. The minimum atomic E-state index is -4.20. The third-order valence-electron chi connectivity index (χ3n) is 2.90. The fourth-order valence-electron chi connectivity index (χ4n) is 1.75. The van der Waals surface area contributed by atoms with Gasteiger partial charge in [0.25, 0.3) is 10.1 Å². The summed E-state index contributed by atoms with van der Waals surface area (Å²) in [7, 11) is -4.20. The molecule has 0 aliphatic rings. The van der Waals surface area contributed by atoms with Gasteiger partial charge in [-0.3, -0.25) is 9.35 Å². The summed E-state index contributed by atoms with van der Waals surface area (Å²) in [5, 5.41) is 4.22. The van der Waals surface area contributed by atoms with Crippen LogP contribution in [-0.2, 0) is 14.9 Å². The van der Waals surface area contributed by atoms with Crippen LogP contribution in [0.4, 0.5) is 5.69 Å². The molecule has 106 valence electrons. The van der Waals surface area contributed by atoms with Crippen LogP contribution in [0, 0.1) is 5.92 Å². The molecule has 0 bridgehead atoms. The standard InChI is InChI=1S/C14H15NO4S/c1-9(2)14(16)15-12-5-3-11-8-13(20(17,18)19)6-4-10(11)7-12/h3-9H,1-2H3,(H,15,16)(H,17,18,19). The maximum absolute atomic E-state index is 11.6. The van der Waals surface area contributed by atoms with Crippen molar-refractivity contribution < 1.29 is 17.8 Å². The minimum Gasteiger partial charge on any atom is -0.326 e. The van der Waals surface area contributed by atoms with Crippen LogP contribution in [0.25, 0.3) is 10.8 Å². The summed E-state index contributed by atoms with van der Waals surface area (Å²) in [5.41, 5.74) is 0.649. The van der Waals surface area contributed by atoms with Crippen LogP contribution in [0.2, 0.25) is 0 Å². The number of anilines is 1. The van der Waals surface area contributed by atoms with E-state index >= 15 is 0 Å². The van der Waals surface area contributed by atoms with E-state index in [1.165, 1.54) is 12.1 Å². The molecular weight excluding hydrogens is 278 g/mol. The van der Waals surface area contributed by atoms with Crippen LogP contribution in [0.1, 0.15) is 13.8 Å². The molecule has 0 radical (unpaired) electrons. The lowest BCUT2D eigenvalue weighted by atomic mass is 10.1. The number of rotatable bonds is 3. The Morgan fingerprint density at radius 1 is 1.10 bits per heavy atom. The van der Waals surface area contributed by atoms with E-state index in [9.17, 15) is 13.2 Å². The van der Waals surface area contributed by atoms with Crippen LogP contribution in [0.3, 0.4) is 0 Å². The molecule has 0 saturated carbocycles. The van der Waals surface area contributed by atoms with Crippen LogP contribution in [0.5, 0.6) is 0 Å². The third kappa shape index (κ3) is 3.15. The van der Waals surface area contributed by atoms with Crippen molar-refractivity contribution in [3.63, 3.8) is 0 Å². The van der Waals surface area contributed by atoms with Crippen LogP contribution < -0.4 is 5.32 Å². The number of amides is 1. The number of hydrogen-bond acceptors (Lipinski definition) is 3. The molecule has 0 saturated heterocycles. The van der Waals surface area contributed by atoms with Gasteiger partial charge in [-0.05, 0) is 35.0 Å². The average Bonchev–Trinajstić information content (AvgIpc) is 2.36. The van der Waals surface area contributed by atoms with E-state index in [0.29, 0.717) is 11.1 Å². The predicted octanol–water partition coefficient (Wildman–Crippen LogP) is 2.68. The number of benzene rings is 2. The Morgan fingerprint density at radius 2 is 1.70 bits per heavy atom. The summed E-state index contributed by atoms with van der Waals surface area (Å²) in [6.07, 6.45) is 0. The Hall–Kier alpha value is -1.92. The zero-order valence-corrected chi connectivity index (χ0v) is 11.9. The Balaban J connectivity index is 2.39. The van der Waals surface area contributed by atoms with E-state index in [1.54, 1.807) is 38.1 Å². The van der Waals surface area contributed by atoms with Crippen molar-refractivity contribution in [2.75, 3.05) is 5.32 Å². The topological polar surface area (TPSA) is 83.5 Å². The van der Waals surface area contributed by atoms with Gasteiger partial charge in [0.2, 0.25) is 5.91 Å². The molecule has 2 aromatic carbocycles. The number of hydrogen-bond donors (Lipinski definition) is 2. The van der Waals surface area contributed by atoms with E-state index in [0.717, 1.165) is 5.39 Å². The second kappa shape index (κ2) is 5.22. The lowest BCUT2D eigenvalue weighted by Gasteiger charge is -2.09. The fraction of sp³-hybridized carbons (Fsp3) is 0.214. The van der Waals surface area contributed by atoms with Gasteiger partial charge in [0, 0.05) is 11.6 Å². The Kier molecular flexibility index (Phi) is 3.78. The van der Waals surface area contributed by atoms with E-state index in [-0.39, 0.29) is 16.7 Å². The first kappa shape index (κ1) is 14.5. The van der Waals surface area contributed by atoms with Crippen LogP contribution >= 0.6 is 0 Å². The summed E-state index contributed by atoms with van der Waals surface area (Å²) in [6.45, 7) is 3.60. The average molecular weight is 293 g/mol. The Morgan fingerprint density at radius 3 is 2.30 bits per heavy atom. The molecular formula is C14H15NO4S. The van der Waals surface area contributed by atoms with Crippen molar-refractivity contribution in [3.8, 4) is 0 Å². The zero-order chi connectivity index (χ0) is 14.9. The molecule has 0 unspecified atom stereocenters. The highest BCUT2D eigenvalue weighted by atomic mass is 32.2. The number of nitrogens with one attached hydrogen (secondary N) is 1. The van der Waals surface area contributed by atoms with Crippen molar-refractivity contribution in [1.29, 1.82) is 0 Å². The second-order valence-electron chi connectivity index (χ2n) is 4.84. The van der Waals surface area contributed by atoms with Gasteiger partial charge in [-0.15, -0.1) is 0 Å². The lowest BCUT2D eigenvalue weighted by Crippen LogP contribution is -2.17. The van der Waals surface area contributed by atoms with Gasteiger partial charge >= 0.3 is 0 Å². The van der Waals surface area contributed by atoms with Crippen molar-refractivity contribution in [2.24, 2.45) is 5.92 Å². The smallest absolute Gasteiger partial charge is 0.294 e. The first-order valence-corrected chi connectivity index (χ1v) is 7.53. The second-order valence-corrected chi connectivity index (χ2v) is 6.26. The highest BCUT2D eigenvalue weighted by molar-refractivity contribution is 7.85. The van der Waals surface area contributed by atoms with Crippen LogP contribution in [-0.4, -0.2) is 18.9 Å². The monoisotopic (exact) mass is 293 g/mol. The zero-order valence-electron chi connectivity index (χ0n) is 11.1. The van der Waals surface area contributed by atoms with Gasteiger partial charge in [0.05, 0.1) is 4.90 Å². The number of fused-ring (bicyclic) bond motifs is 1. The molecule has 1 amide bonds. The van der Waals surface area contributed by atoms with Crippen molar-refractivity contribution in [2.45, 2.75) is 18.7 Å². The molecule has 5 nitrogen and oxygen atoms in total. The summed E-state index contributed by atoms with van der Waals surface area (Å²) in [6, 6.07) is 9.44. The molecule has 0 aliphatic heterocycles. The molecule has 0 atom stereocenters. The quantitative estimate of drug-likeness (QED) is 0.852. The van der Waals surface area contributed by atoms with Crippen molar-refractivity contribution >= 4 is 32.5 Å². The molecule has 0 heterocycles. The van der Waals surface area contributed by atoms with Crippen molar-refractivity contribution in [1.82, 2.24) is 0 Å². The summed E-state index contributed by atoms with van der Waals surface area (Å²) >= 11 is 0. The highest BCUT2D eigenvalue weighted by Crippen LogP contribution is 2.22.